The third-order valence-electron chi connectivity index (χ3n) is 9.73. The predicted octanol–water partition coefficient (Wildman–Crippen LogP) is -7.00. The number of carbonyl (C=O) groups excluding carboxylic acids is 1. The quantitative estimate of drug-likeness (QED) is 0.0818. The highest BCUT2D eigenvalue weighted by atomic mass is 16.7. The summed E-state index contributed by atoms with van der Waals surface area (Å²) < 4.78 is 23.6. The van der Waals surface area contributed by atoms with E-state index in [0.29, 0.717) is 12.5 Å². The molecule has 1 unspecified atom stereocenters. The lowest BCUT2D eigenvalue weighted by atomic mass is 9.76. The molecule has 4 fully saturated rings. The number of aliphatic hydroxyl groups is 7. The number of nitrogens with one attached hydrogen (secondary N) is 1. The maximum atomic E-state index is 12.8. The standard InChI is InChI=1S/C28H54N6O12/c29-2-1-14(36)15(37)6-11-5-13(31)26(24(42)25(11)45-28-23(41)18(32)20(38)17(9-35)44-28)46-27-19(33)22(40)21(39)16(43-27)8-34-7-10-3-12(30)4-10/h10-14,16-28,34-36,38-42H,1-9,29-33H2/t10?,11-,12?,13-,14-,16+,17+,18-,19+,20+,21+,22+,23+,24+,25-,26?,27+,28+/m0/s1. The Balaban J connectivity index is 1.49. The highest BCUT2D eigenvalue weighted by Gasteiger charge is 2.52. The van der Waals surface area contributed by atoms with Crippen LogP contribution in [0.3, 0.4) is 0 Å². The van der Waals surface area contributed by atoms with Crippen molar-refractivity contribution in [3.8, 4) is 0 Å². The first kappa shape index (κ1) is 37.8. The van der Waals surface area contributed by atoms with Crippen molar-refractivity contribution in [1.29, 1.82) is 0 Å². The van der Waals surface area contributed by atoms with Gasteiger partial charge in [-0.1, -0.05) is 0 Å². The molecule has 0 radical (unpaired) electrons. The highest BCUT2D eigenvalue weighted by Crippen LogP contribution is 2.36. The number of rotatable bonds is 14. The first-order valence-corrected chi connectivity index (χ1v) is 16.0. The fourth-order valence-electron chi connectivity index (χ4n) is 6.79. The third-order valence-corrected chi connectivity index (χ3v) is 9.73. The van der Waals surface area contributed by atoms with Crippen LogP contribution in [0.5, 0.6) is 0 Å². The fraction of sp³-hybridized carbons (Fsp3) is 0.964. The molecule has 2 saturated carbocycles. The summed E-state index contributed by atoms with van der Waals surface area (Å²) in [6.07, 6.45) is -14.7. The molecule has 2 saturated heterocycles. The van der Waals surface area contributed by atoms with Gasteiger partial charge in [-0.05, 0) is 50.6 Å². The topological polar surface area (TPSA) is 338 Å². The number of hydrogen-bond acceptors (Lipinski definition) is 18. The smallest absolute Gasteiger partial charge is 0.186 e. The number of carbonyl (C=O) groups is 1. The molecule has 18 heteroatoms. The summed E-state index contributed by atoms with van der Waals surface area (Å²) in [7, 11) is 0. The molecule has 268 valence electrons. The molecule has 4 rings (SSSR count). The lowest BCUT2D eigenvalue weighted by Gasteiger charge is -2.49. The van der Waals surface area contributed by atoms with Crippen LogP contribution in [-0.2, 0) is 23.7 Å². The first-order valence-electron chi connectivity index (χ1n) is 16.0. The molecule has 2 aliphatic heterocycles. The second kappa shape index (κ2) is 16.6. The summed E-state index contributed by atoms with van der Waals surface area (Å²) >= 11 is 0. The minimum Gasteiger partial charge on any atom is -0.394 e. The van der Waals surface area contributed by atoms with Crippen LogP contribution in [-0.4, -0.2) is 166 Å². The average molecular weight is 667 g/mol. The normalized spacial score (nSPS) is 47.3. The zero-order valence-electron chi connectivity index (χ0n) is 25.8. The molecule has 2 aliphatic carbocycles. The van der Waals surface area contributed by atoms with Gasteiger partial charge in [-0.3, -0.25) is 4.79 Å². The van der Waals surface area contributed by atoms with Gasteiger partial charge in [0.1, 0.15) is 54.9 Å². The summed E-state index contributed by atoms with van der Waals surface area (Å²) in [5.74, 6) is -0.987. The molecular formula is C28H54N6O12. The summed E-state index contributed by atoms with van der Waals surface area (Å²) in [5, 5.41) is 77.1. The van der Waals surface area contributed by atoms with Gasteiger partial charge in [-0.15, -0.1) is 0 Å². The Morgan fingerprint density at radius 3 is 2.09 bits per heavy atom. The molecular weight excluding hydrogens is 612 g/mol. The van der Waals surface area contributed by atoms with Gasteiger partial charge in [0, 0.05) is 25.0 Å². The van der Waals surface area contributed by atoms with E-state index in [1.165, 1.54) is 0 Å². The van der Waals surface area contributed by atoms with E-state index in [9.17, 15) is 40.5 Å². The number of nitrogens with two attached hydrogens (primary N) is 5. The van der Waals surface area contributed by atoms with E-state index in [-0.39, 0.29) is 38.4 Å². The minimum atomic E-state index is -1.60. The van der Waals surface area contributed by atoms with E-state index in [2.05, 4.69) is 5.32 Å². The van der Waals surface area contributed by atoms with Gasteiger partial charge in [-0.2, -0.15) is 0 Å². The summed E-state index contributed by atoms with van der Waals surface area (Å²) in [4.78, 5) is 12.8. The van der Waals surface area contributed by atoms with Crippen molar-refractivity contribution in [3.63, 3.8) is 0 Å². The summed E-state index contributed by atoms with van der Waals surface area (Å²) in [6, 6.07) is -3.25. The highest BCUT2D eigenvalue weighted by molar-refractivity contribution is 5.83. The van der Waals surface area contributed by atoms with Crippen LogP contribution in [0.2, 0.25) is 0 Å². The van der Waals surface area contributed by atoms with Crippen molar-refractivity contribution >= 4 is 5.78 Å². The lowest BCUT2D eigenvalue weighted by Crippen LogP contribution is -2.68. The number of ketones is 1. The molecule has 4 aliphatic rings. The second-order valence-corrected chi connectivity index (χ2v) is 13.3. The largest absolute Gasteiger partial charge is 0.394 e. The molecule has 0 aromatic rings. The summed E-state index contributed by atoms with van der Waals surface area (Å²) in [5.41, 5.74) is 29.9. The Morgan fingerprint density at radius 2 is 1.46 bits per heavy atom. The van der Waals surface area contributed by atoms with Gasteiger partial charge in [0.25, 0.3) is 0 Å². The SMILES string of the molecule is NCC[C@H](O)C(=O)C[C@@H]1C[C@H](N)C(O[C@H]2O[C@H](CNCC3CC(N)C3)[C@@H](O)[C@H](O)[C@H]2N)[C@H](O)[C@H]1O[C@H]1O[C@H](CO)[C@@H](O)[C@H](N)[C@H]1O. The van der Waals surface area contributed by atoms with Crippen molar-refractivity contribution in [1.82, 2.24) is 5.32 Å². The van der Waals surface area contributed by atoms with Crippen LogP contribution in [0, 0.1) is 11.8 Å². The lowest BCUT2D eigenvalue weighted by molar-refractivity contribution is -0.323. The average Bonchev–Trinajstić information content (AvgIpc) is 3.00. The fourth-order valence-corrected chi connectivity index (χ4v) is 6.79. The molecule has 0 aromatic carbocycles. The van der Waals surface area contributed by atoms with Crippen LogP contribution in [0.15, 0.2) is 0 Å². The van der Waals surface area contributed by atoms with Gasteiger partial charge in [0.15, 0.2) is 18.4 Å². The van der Waals surface area contributed by atoms with Crippen molar-refractivity contribution in [2.75, 3.05) is 26.2 Å². The molecule has 2 heterocycles. The maximum Gasteiger partial charge on any atom is 0.186 e. The van der Waals surface area contributed by atoms with Gasteiger partial charge in [-0.25, -0.2) is 0 Å². The van der Waals surface area contributed by atoms with E-state index in [4.69, 9.17) is 47.6 Å². The Labute approximate surface area is 267 Å². The van der Waals surface area contributed by atoms with Crippen molar-refractivity contribution in [3.05, 3.63) is 0 Å². The molecule has 0 aromatic heterocycles. The number of hydrogen-bond donors (Lipinski definition) is 13. The van der Waals surface area contributed by atoms with E-state index >= 15 is 0 Å². The summed E-state index contributed by atoms with van der Waals surface area (Å²) in [6.45, 7) is 0.236. The molecule has 0 bridgehead atoms. The Kier molecular flexibility index (Phi) is 13.6. The van der Waals surface area contributed by atoms with Gasteiger partial charge in [0.2, 0.25) is 0 Å². The van der Waals surface area contributed by atoms with Crippen LogP contribution in [0.25, 0.3) is 0 Å². The van der Waals surface area contributed by atoms with Crippen molar-refractivity contribution in [2.45, 2.75) is 130 Å². The first-order chi connectivity index (χ1) is 21.8. The molecule has 18 N–H and O–H groups in total. The zero-order chi connectivity index (χ0) is 33.9. The van der Waals surface area contributed by atoms with E-state index < -0.39 is 110 Å². The Morgan fingerprint density at radius 1 is 0.804 bits per heavy atom. The monoisotopic (exact) mass is 666 g/mol. The van der Waals surface area contributed by atoms with Gasteiger partial charge >= 0.3 is 0 Å². The van der Waals surface area contributed by atoms with Crippen molar-refractivity contribution in [2.24, 2.45) is 40.5 Å². The van der Waals surface area contributed by atoms with Crippen LogP contribution < -0.4 is 34.0 Å². The van der Waals surface area contributed by atoms with E-state index in [1.54, 1.807) is 0 Å². The molecule has 18 nitrogen and oxygen atoms in total. The third kappa shape index (κ3) is 8.58. The Bertz CT molecular complexity index is 968. The van der Waals surface area contributed by atoms with Crippen LogP contribution in [0.4, 0.5) is 0 Å². The van der Waals surface area contributed by atoms with E-state index in [1.807, 2.05) is 0 Å². The van der Waals surface area contributed by atoms with Gasteiger partial charge < -0.3 is 88.7 Å². The predicted molar refractivity (Wildman–Crippen MR) is 159 cm³/mol. The van der Waals surface area contributed by atoms with Crippen LogP contribution >= 0.6 is 0 Å². The molecule has 16 atom stereocenters. The number of ether oxygens (including phenoxy) is 4. The van der Waals surface area contributed by atoms with Crippen LogP contribution in [0.1, 0.15) is 32.1 Å². The van der Waals surface area contributed by atoms with E-state index in [0.717, 1.165) is 12.8 Å². The number of aliphatic hydroxyl groups excluding tert-OH is 7. The maximum absolute atomic E-state index is 12.8. The number of Topliss-reactive ketones (excluding diaryl/α,β-unsaturated/α-hetero) is 1. The van der Waals surface area contributed by atoms with Gasteiger partial charge in [0.05, 0.1) is 24.8 Å². The zero-order valence-corrected chi connectivity index (χ0v) is 25.8. The second-order valence-electron chi connectivity index (χ2n) is 13.3. The minimum absolute atomic E-state index is 0.0160. The Hall–Kier alpha value is -1.01. The van der Waals surface area contributed by atoms with Crippen molar-refractivity contribution < 1.29 is 59.5 Å². The molecule has 46 heavy (non-hydrogen) atoms. The molecule has 0 amide bonds. The molecule has 0 spiro atoms.